The number of hydrogen-bond acceptors (Lipinski definition) is 5. The molecule has 3 aromatic heterocycles. The van der Waals surface area contributed by atoms with E-state index in [2.05, 4.69) is 10.3 Å². The molecule has 9 nitrogen and oxygen atoms in total. The molecule has 9 heteroatoms. The second-order valence-electron chi connectivity index (χ2n) is 6.00. The van der Waals surface area contributed by atoms with Crippen LogP contribution in [0.25, 0.3) is 11.2 Å². The normalized spacial score (nSPS) is 12.4. The molecule has 3 heterocycles. The van der Waals surface area contributed by atoms with Crippen LogP contribution in [0, 0.1) is 0 Å². The summed E-state index contributed by atoms with van der Waals surface area (Å²) in [6, 6.07) is 3.51. The quantitative estimate of drug-likeness (QED) is 0.688. The van der Waals surface area contributed by atoms with Crippen molar-refractivity contribution < 1.29 is 9.21 Å². The summed E-state index contributed by atoms with van der Waals surface area (Å²) in [6.07, 6.45) is 3.55. The summed E-state index contributed by atoms with van der Waals surface area (Å²) >= 11 is 0. The van der Waals surface area contributed by atoms with E-state index in [4.69, 9.17) is 4.42 Å². The lowest BCUT2D eigenvalue weighted by Crippen LogP contribution is -2.39. The molecule has 3 aromatic rings. The van der Waals surface area contributed by atoms with Crippen LogP contribution in [0.2, 0.25) is 0 Å². The smallest absolute Gasteiger partial charge is 0.332 e. The Kier molecular flexibility index (Phi) is 4.30. The van der Waals surface area contributed by atoms with E-state index in [1.165, 1.54) is 29.6 Å². The number of imidazole rings is 1. The Morgan fingerprint density at radius 1 is 1.32 bits per heavy atom. The highest BCUT2D eigenvalue weighted by Crippen LogP contribution is 2.06. The number of furan rings is 1. The Labute approximate surface area is 142 Å². The lowest BCUT2D eigenvalue weighted by molar-refractivity contribution is -0.122. The van der Waals surface area contributed by atoms with Crippen LogP contribution >= 0.6 is 0 Å². The maximum atomic E-state index is 12.3. The first-order chi connectivity index (χ1) is 11.9. The molecule has 0 fully saturated rings. The molecule has 0 saturated heterocycles. The molecule has 1 amide bonds. The summed E-state index contributed by atoms with van der Waals surface area (Å²) in [6.45, 7) is 1.81. The summed E-state index contributed by atoms with van der Waals surface area (Å²) in [5.41, 5.74) is -0.464. The largest absolute Gasteiger partial charge is 0.469 e. The molecule has 0 unspecified atom stereocenters. The average Bonchev–Trinajstić information content (AvgIpc) is 3.20. The van der Waals surface area contributed by atoms with Gasteiger partial charge in [-0.2, -0.15) is 0 Å². The number of aromatic nitrogens is 4. The van der Waals surface area contributed by atoms with E-state index in [1.54, 1.807) is 12.3 Å². The van der Waals surface area contributed by atoms with Gasteiger partial charge in [0.15, 0.2) is 11.2 Å². The zero-order valence-electron chi connectivity index (χ0n) is 14.2. The van der Waals surface area contributed by atoms with Gasteiger partial charge in [-0.25, -0.2) is 9.78 Å². The molecular formula is C16H19N5O4. The van der Waals surface area contributed by atoms with Crippen molar-refractivity contribution in [3.8, 4) is 0 Å². The molecule has 1 N–H and O–H groups in total. The zero-order valence-corrected chi connectivity index (χ0v) is 14.2. The number of aryl methyl sites for hydroxylation is 1. The Balaban J connectivity index is 1.80. The summed E-state index contributed by atoms with van der Waals surface area (Å²) in [4.78, 5) is 40.6. The summed E-state index contributed by atoms with van der Waals surface area (Å²) < 4.78 is 8.99. The number of nitrogens with one attached hydrogen (secondary N) is 1. The molecule has 0 aliphatic rings. The van der Waals surface area contributed by atoms with E-state index in [1.807, 2.05) is 13.0 Å². The van der Waals surface area contributed by atoms with Crippen LogP contribution in [-0.2, 0) is 31.9 Å². The van der Waals surface area contributed by atoms with E-state index in [0.29, 0.717) is 6.42 Å². The van der Waals surface area contributed by atoms with E-state index in [9.17, 15) is 14.4 Å². The molecular weight excluding hydrogens is 326 g/mol. The van der Waals surface area contributed by atoms with Crippen LogP contribution in [0.4, 0.5) is 0 Å². The van der Waals surface area contributed by atoms with Crippen molar-refractivity contribution in [2.24, 2.45) is 14.1 Å². The molecule has 132 valence electrons. The number of carbonyl (C=O) groups excluding carboxylic acids is 1. The second-order valence-corrected chi connectivity index (χ2v) is 6.00. The van der Waals surface area contributed by atoms with Gasteiger partial charge in [-0.05, 0) is 19.1 Å². The fraction of sp³-hybridized carbons (Fsp3) is 0.375. The first kappa shape index (κ1) is 16.7. The van der Waals surface area contributed by atoms with Crippen LogP contribution in [0.3, 0.4) is 0 Å². The molecule has 0 bridgehead atoms. The third-order valence-corrected chi connectivity index (χ3v) is 4.03. The van der Waals surface area contributed by atoms with Crippen molar-refractivity contribution in [1.82, 2.24) is 24.0 Å². The Bertz CT molecular complexity index is 1030. The van der Waals surface area contributed by atoms with Crippen LogP contribution in [0.15, 0.2) is 38.7 Å². The molecule has 0 aromatic carbocycles. The monoisotopic (exact) mass is 345 g/mol. The molecule has 25 heavy (non-hydrogen) atoms. The minimum absolute atomic E-state index is 0.0631. The fourth-order valence-electron chi connectivity index (χ4n) is 2.77. The highest BCUT2D eigenvalue weighted by atomic mass is 16.3. The fourth-order valence-corrected chi connectivity index (χ4v) is 2.77. The highest BCUT2D eigenvalue weighted by Gasteiger charge is 2.17. The maximum Gasteiger partial charge on any atom is 0.332 e. The average molecular weight is 345 g/mol. The minimum Gasteiger partial charge on any atom is -0.469 e. The number of nitrogens with zero attached hydrogens (tertiary/aromatic N) is 4. The van der Waals surface area contributed by atoms with Crippen molar-refractivity contribution in [1.29, 1.82) is 0 Å². The summed E-state index contributed by atoms with van der Waals surface area (Å²) in [5, 5.41) is 2.86. The first-order valence-electron chi connectivity index (χ1n) is 7.81. The lowest BCUT2D eigenvalue weighted by Gasteiger charge is -2.13. The maximum absolute atomic E-state index is 12.3. The van der Waals surface area contributed by atoms with E-state index >= 15 is 0 Å². The van der Waals surface area contributed by atoms with Gasteiger partial charge in [0, 0.05) is 26.6 Å². The van der Waals surface area contributed by atoms with Gasteiger partial charge in [0.1, 0.15) is 12.3 Å². The number of carbonyl (C=O) groups is 1. The molecule has 1 atom stereocenters. The number of hydrogen-bond donors (Lipinski definition) is 1. The first-order valence-corrected chi connectivity index (χ1v) is 7.81. The third-order valence-electron chi connectivity index (χ3n) is 4.03. The Morgan fingerprint density at radius 3 is 2.76 bits per heavy atom. The van der Waals surface area contributed by atoms with Gasteiger partial charge >= 0.3 is 5.69 Å². The summed E-state index contributed by atoms with van der Waals surface area (Å²) in [5.74, 6) is 0.527. The number of fused-ring (bicyclic) bond motifs is 1. The molecule has 0 saturated carbocycles. The van der Waals surface area contributed by atoms with Crippen LogP contribution < -0.4 is 16.6 Å². The highest BCUT2D eigenvalue weighted by molar-refractivity contribution is 5.79. The van der Waals surface area contributed by atoms with Crippen molar-refractivity contribution >= 4 is 17.1 Å². The molecule has 0 aliphatic heterocycles. The van der Waals surface area contributed by atoms with E-state index in [0.717, 1.165) is 10.3 Å². The van der Waals surface area contributed by atoms with Gasteiger partial charge in [-0.3, -0.25) is 18.7 Å². The number of rotatable bonds is 5. The van der Waals surface area contributed by atoms with Crippen molar-refractivity contribution in [3.63, 3.8) is 0 Å². The van der Waals surface area contributed by atoms with Crippen molar-refractivity contribution in [2.75, 3.05) is 0 Å². The number of amides is 1. The standard InChI is InChI=1S/C16H19N5O4/c1-10(7-11-5-4-6-25-11)18-12(22)8-21-9-17-14-13(21)15(23)20(3)16(24)19(14)2/h4-6,9-10H,7-8H2,1-3H3,(H,18,22)/t10-/m0/s1. The van der Waals surface area contributed by atoms with Crippen LogP contribution in [0.5, 0.6) is 0 Å². The van der Waals surface area contributed by atoms with Gasteiger partial charge in [0.2, 0.25) is 5.91 Å². The van der Waals surface area contributed by atoms with Crippen LogP contribution in [-0.4, -0.2) is 30.6 Å². The Hall–Kier alpha value is -3.10. The minimum atomic E-state index is -0.480. The van der Waals surface area contributed by atoms with Gasteiger partial charge < -0.3 is 14.3 Å². The predicted molar refractivity (Wildman–Crippen MR) is 90.2 cm³/mol. The van der Waals surface area contributed by atoms with Crippen LogP contribution in [0.1, 0.15) is 12.7 Å². The molecule has 3 rings (SSSR count). The van der Waals surface area contributed by atoms with Crippen molar-refractivity contribution in [2.45, 2.75) is 25.9 Å². The van der Waals surface area contributed by atoms with Gasteiger partial charge in [-0.15, -0.1) is 0 Å². The lowest BCUT2D eigenvalue weighted by atomic mass is 10.2. The molecule has 0 spiro atoms. The van der Waals surface area contributed by atoms with Gasteiger partial charge in [0.05, 0.1) is 12.6 Å². The zero-order chi connectivity index (χ0) is 18.1. The topological polar surface area (TPSA) is 104 Å². The Morgan fingerprint density at radius 2 is 2.08 bits per heavy atom. The molecule has 0 radical (unpaired) electrons. The SMILES string of the molecule is C[C@@H](Cc1ccco1)NC(=O)Cn1cnc2c1c(=O)n(C)c(=O)n2C. The third kappa shape index (κ3) is 3.12. The van der Waals surface area contributed by atoms with E-state index < -0.39 is 11.2 Å². The molecule has 0 aliphatic carbocycles. The predicted octanol–water partition coefficient (Wildman–Crippen LogP) is -0.226. The summed E-state index contributed by atoms with van der Waals surface area (Å²) in [7, 11) is 2.93. The van der Waals surface area contributed by atoms with E-state index in [-0.39, 0.29) is 29.7 Å². The van der Waals surface area contributed by atoms with Gasteiger partial charge in [0.25, 0.3) is 5.56 Å². The van der Waals surface area contributed by atoms with Gasteiger partial charge in [-0.1, -0.05) is 0 Å². The van der Waals surface area contributed by atoms with Crippen molar-refractivity contribution in [3.05, 3.63) is 51.3 Å². The second kappa shape index (κ2) is 6.42.